The van der Waals surface area contributed by atoms with E-state index in [0.29, 0.717) is 18.8 Å². The van der Waals surface area contributed by atoms with Gasteiger partial charge in [-0.2, -0.15) is 11.8 Å². The third-order valence-corrected chi connectivity index (χ3v) is 4.09. The number of rotatable bonds is 10. The van der Waals surface area contributed by atoms with Crippen molar-refractivity contribution in [1.29, 1.82) is 0 Å². The zero-order valence-electron chi connectivity index (χ0n) is 11.0. The molecule has 0 bridgehead atoms. The van der Waals surface area contributed by atoms with Crippen LogP contribution in [0.25, 0.3) is 0 Å². The highest BCUT2D eigenvalue weighted by Gasteiger charge is 2.29. The van der Waals surface area contributed by atoms with Gasteiger partial charge in [0.05, 0.1) is 0 Å². The number of carbonyl (C=O) groups excluding carboxylic acids is 1. The lowest BCUT2D eigenvalue weighted by molar-refractivity contribution is -0.142. The van der Waals surface area contributed by atoms with Gasteiger partial charge in [0.25, 0.3) is 0 Å². The molecule has 0 saturated heterocycles. The minimum atomic E-state index is -0.908. The number of amides is 1. The number of hydrogen-bond acceptors (Lipinski definition) is 3. The fourth-order valence-corrected chi connectivity index (χ4v) is 2.71. The second kappa shape index (κ2) is 8.40. The van der Waals surface area contributed by atoms with Crippen molar-refractivity contribution in [2.75, 3.05) is 11.5 Å². The molecule has 1 unspecified atom stereocenters. The molecule has 0 heterocycles. The predicted molar refractivity (Wildman–Crippen MR) is 73.8 cm³/mol. The highest BCUT2D eigenvalue weighted by atomic mass is 32.2. The Bertz CT molecular complexity index is 279. The quantitative estimate of drug-likeness (QED) is 0.599. The first-order valence-electron chi connectivity index (χ1n) is 6.73. The Morgan fingerprint density at radius 3 is 2.67 bits per heavy atom. The van der Waals surface area contributed by atoms with Crippen molar-refractivity contribution in [2.24, 2.45) is 5.92 Å². The third kappa shape index (κ3) is 6.89. The summed E-state index contributed by atoms with van der Waals surface area (Å²) >= 11 is 1.76. The van der Waals surface area contributed by atoms with Crippen LogP contribution in [0.1, 0.15) is 45.4 Å². The first kappa shape index (κ1) is 15.3. The van der Waals surface area contributed by atoms with Crippen molar-refractivity contribution < 1.29 is 14.7 Å². The van der Waals surface area contributed by atoms with Crippen LogP contribution in [-0.4, -0.2) is 34.5 Å². The van der Waals surface area contributed by atoms with E-state index in [1.807, 2.05) is 0 Å². The number of carbonyl (C=O) groups is 2. The number of carboxylic acid groups (broad SMARTS) is 1. The van der Waals surface area contributed by atoms with Gasteiger partial charge in [0, 0.05) is 12.2 Å². The van der Waals surface area contributed by atoms with E-state index < -0.39 is 12.0 Å². The van der Waals surface area contributed by atoms with Crippen molar-refractivity contribution in [3.63, 3.8) is 0 Å². The summed E-state index contributed by atoms with van der Waals surface area (Å²) in [5.74, 6) is 1.32. The van der Waals surface area contributed by atoms with Crippen molar-refractivity contribution in [3.05, 3.63) is 0 Å². The molecule has 0 spiro atoms. The normalized spacial score (nSPS) is 16.3. The Labute approximate surface area is 113 Å². The van der Waals surface area contributed by atoms with Gasteiger partial charge in [-0.25, -0.2) is 4.79 Å². The topological polar surface area (TPSA) is 66.4 Å². The van der Waals surface area contributed by atoms with Crippen molar-refractivity contribution in [1.82, 2.24) is 5.32 Å². The molecule has 0 aromatic heterocycles. The van der Waals surface area contributed by atoms with Crippen LogP contribution < -0.4 is 5.32 Å². The van der Waals surface area contributed by atoms with Crippen LogP contribution in [0.3, 0.4) is 0 Å². The number of unbranched alkanes of at least 4 members (excludes halogenated alkanes) is 1. The fraction of sp³-hybridized carbons (Fsp3) is 0.846. The van der Waals surface area contributed by atoms with Gasteiger partial charge in [0.2, 0.25) is 5.91 Å². The largest absolute Gasteiger partial charge is 0.480 e. The summed E-state index contributed by atoms with van der Waals surface area (Å²) in [4.78, 5) is 22.6. The maximum Gasteiger partial charge on any atom is 0.326 e. The molecule has 5 heteroatoms. The standard InChI is InChI=1S/C13H23NO3S/c1-2-3-7-18-8-6-12(15)14-11(13(16)17)9-10-4-5-10/h10-11H,2-9H2,1H3,(H,14,15)(H,16,17). The molecule has 18 heavy (non-hydrogen) atoms. The van der Waals surface area contributed by atoms with Crippen LogP contribution in [0, 0.1) is 5.92 Å². The van der Waals surface area contributed by atoms with E-state index in [1.54, 1.807) is 11.8 Å². The van der Waals surface area contributed by atoms with Crippen molar-refractivity contribution in [2.45, 2.75) is 51.5 Å². The molecule has 1 amide bonds. The Morgan fingerprint density at radius 2 is 2.11 bits per heavy atom. The first-order valence-corrected chi connectivity index (χ1v) is 7.88. The average molecular weight is 273 g/mol. The molecule has 1 saturated carbocycles. The smallest absolute Gasteiger partial charge is 0.326 e. The number of carboxylic acids is 1. The average Bonchev–Trinajstić information content (AvgIpc) is 3.11. The minimum Gasteiger partial charge on any atom is -0.480 e. The van der Waals surface area contributed by atoms with E-state index >= 15 is 0 Å². The van der Waals surface area contributed by atoms with E-state index in [-0.39, 0.29) is 5.91 Å². The van der Waals surface area contributed by atoms with Crippen molar-refractivity contribution >= 4 is 23.6 Å². The molecule has 0 aromatic carbocycles. The Hall–Kier alpha value is -0.710. The third-order valence-electron chi connectivity index (χ3n) is 3.01. The number of thioether (sulfide) groups is 1. The highest BCUT2D eigenvalue weighted by molar-refractivity contribution is 7.99. The molecule has 1 aliphatic rings. The van der Waals surface area contributed by atoms with E-state index in [2.05, 4.69) is 12.2 Å². The summed E-state index contributed by atoms with van der Waals surface area (Å²) in [6.07, 6.45) is 5.55. The first-order chi connectivity index (χ1) is 8.63. The Kier molecular flexibility index (Phi) is 7.16. The molecule has 0 aliphatic heterocycles. The molecule has 0 radical (unpaired) electrons. The maximum absolute atomic E-state index is 11.6. The van der Waals surface area contributed by atoms with E-state index in [9.17, 15) is 9.59 Å². The van der Waals surface area contributed by atoms with E-state index in [4.69, 9.17) is 5.11 Å². The molecule has 2 N–H and O–H groups in total. The molecule has 1 aliphatic carbocycles. The number of hydrogen-bond donors (Lipinski definition) is 2. The van der Waals surface area contributed by atoms with Gasteiger partial charge in [-0.05, 0) is 24.5 Å². The zero-order chi connectivity index (χ0) is 13.4. The lowest BCUT2D eigenvalue weighted by Crippen LogP contribution is -2.41. The highest BCUT2D eigenvalue weighted by Crippen LogP contribution is 2.33. The second-order valence-electron chi connectivity index (χ2n) is 4.85. The molecular weight excluding hydrogens is 250 g/mol. The molecular formula is C13H23NO3S. The number of nitrogens with one attached hydrogen (secondary N) is 1. The van der Waals surface area contributed by atoms with Crippen LogP contribution in [-0.2, 0) is 9.59 Å². The van der Waals surface area contributed by atoms with Crippen LogP contribution in [0.4, 0.5) is 0 Å². The molecule has 1 rings (SSSR count). The summed E-state index contributed by atoms with van der Waals surface area (Å²) in [5, 5.41) is 11.6. The Morgan fingerprint density at radius 1 is 1.39 bits per heavy atom. The van der Waals surface area contributed by atoms with Gasteiger partial charge in [-0.15, -0.1) is 0 Å². The monoisotopic (exact) mass is 273 g/mol. The summed E-state index contributed by atoms with van der Waals surface area (Å²) in [5.41, 5.74) is 0. The van der Waals surface area contributed by atoms with E-state index in [0.717, 1.165) is 24.3 Å². The molecule has 104 valence electrons. The summed E-state index contributed by atoms with van der Waals surface area (Å²) < 4.78 is 0. The van der Waals surface area contributed by atoms with Crippen LogP contribution in [0.15, 0.2) is 0 Å². The van der Waals surface area contributed by atoms with Gasteiger partial charge in [0.15, 0.2) is 0 Å². The summed E-state index contributed by atoms with van der Waals surface area (Å²) in [7, 11) is 0. The van der Waals surface area contributed by atoms with Gasteiger partial charge in [0.1, 0.15) is 6.04 Å². The molecule has 1 atom stereocenters. The summed E-state index contributed by atoms with van der Waals surface area (Å²) in [6, 6.07) is -0.689. The SMILES string of the molecule is CCCCSCCC(=O)NC(CC1CC1)C(=O)O. The van der Waals surface area contributed by atoms with Gasteiger partial charge >= 0.3 is 5.97 Å². The molecule has 0 aromatic rings. The predicted octanol–water partition coefficient (Wildman–Crippen LogP) is 2.28. The van der Waals surface area contributed by atoms with Gasteiger partial charge in [-0.3, -0.25) is 4.79 Å². The maximum atomic E-state index is 11.6. The van der Waals surface area contributed by atoms with Gasteiger partial charge < -0.3 is 10.4 Å². The van der Waals surface area contributed by atoms with Crippen LogP contribution in [0.2, 0.25) is 0 Å². The Balaban J connectivity index is 2.13. The van der Waals surface area contributed by atoms with E-state index in [1.165, 1.54) is 12.8 Å². The lowest BCUT2D eigenvalue weighted by Gasteiger charge is -2.13. The minimum absolute atomic E-state index is 0.132. The lowest BCUT2D eigenvalue weighted by atomic mass is 10.1. The number of aliphatic carboxylic acids is 1. The second-order valence-corrected chi connectivity index (χ2v) is 6.08. The summed E-state index contributed by atoms with van der Waals surface area (Å²) in [6.45, 7) is 2.14. The van der Waals surface area contributed by atoms with Crippen molar-refractivity contribution in [3.8, 4) is 0 Å². The molecule has 1 fully saturated rings. The zero-order valence-corrected chi connectivity index (χ0v) is 11.8. The van der Waals surface area contributed by atoms with Crippen LogP contribution >= 0.6 is 11.8 Å². The van der Waals surface area contributed by atoms with Crippen LogP contribution in [0.5, 0.6) is 0 Å². The van der Waals surface area contributed by atoms with Gasteiger partial charge in [-0.1, -0.05) is 26.2 Å². The fourth-order valence-electron chi connectivity index (χ4n) is 1.69. The molecule has 4 nitrogen and oxygen atoms in total.